The van der Waals surface area contributed by atoms with Crippen molar-refractivity contribution in [2.24, 2.45) is 0 Å². The quantitative estimate of drug-likeness (QED) is 0.734. The van der Waals surface area contributed by atoms with E-state index in [9.17, 15) is 4.79 Å². The summed E-state index contributed by atoms with van der Waals surface area (Å²) in [5.74, 6) is -0.462. The van der Waals surface area contributed by atoms with Crippen LogP contribution in [0, 0.1) is 0 Å². The Morgan fingerprint density at radius 3 is 3.06 bits per heavy atom. The average Bonchev–Trinajstić information content (AvgIpc) is 2.73. The molecule has 98 valence electrons. The topological polar surface area (TPSA) is 91.5 Å². The number of nitrogen functional groups attached to an aromatic ring is 1. The number of nitrogens with two attached hydrogens (primary N) is 1. The van der Waals surface area contributed by atoms with E-state index in [4.69, 9.17) is 10.8 Å². The maximum absolute atomic E-state index is 10.8. The summed E-state index contributed by atoms with van der Waals surface area (Å²) in [4.78, 5) is 17.1. The van der Waals surface area contributed by atoms with Crippen LogP contribution in [-0.4, -0.2) is 47.1 Å². The first-order chi connectivity index (χ1) is 8.58. The molecule has 2 rings (SSSR count). The molecule has 0 bridgehead atoms. The van der Waals surface area contributed by atoms with Gasteiger partial charge in [-0.25, -0.2) is 9.78 Å². The number of rotatable bonds is 4. The number of carboxylic acids is 1. The number of hydrogen-bond donors (Lipinski definition) is 3. The Labute approximate surface area is 106 Å². The fourth-order valence-corrected chi connectivity index (χ4v) is 2.20. The van der Waals surface area contributed by atoms with Crippen LogP contribution >= 0.6 is 0 Å². The molecule has 0 spiro atoms. The lowest BCUT2D eigenvalue weighted by atomic mass is 10.2. The summed E-state index contributed by atoms with van der Waals surface area (Å²) >= 11 is 0. The highest BCUT2D eigenvalue weighted by Crippen LogP contribution is 2.19. The Hall–Kier alpha value is -1.82. The monoisotopic (exact) mass is 250 g/mol. The highest BCUT2D eigenvalue weighted by molar-refractivity contribution is 5.89. The number of carboxylic acid groups (broad SMARTS) is 1. The van der Waals surface area contributed by atoms with Crippen LogP contribution in [0.15, 0.2) is 12.3 Å². The van der Waals surface area contributed by atoms with Crippen LogP contribution in [0.2, 0.25) is 0 Å². The number of nitrogens with zero attached hydrogens (tertiary/aromatic N) is 2. The van der Waals surface area contributed by atoms with Gasteiger partial charge in [-0.15, -0.1) is 0 Å². The van der Waals surface area contributed by atoms with Gasteiger partial charge in [0, 0.05) is 18.8 Å². The minimum absolute atomic E-state index is 0.107. The van der Waals surface area contributed by atoms with Crippen LogP contribution in [0.25, 0.3) is 0 Å². The molecule has 1 unspecified atom stereocenters. The molecule has 0 aromatic carbocycles. The minimum atomic E-state index is -1.02. The Morgan fingerprint density at radius 2 is 2.50 bits per heavy atom. The number of aromatic nitrogens is 1. The first kappa shape index (κ1) is 12.6. The zero-order valence-corrected chi connectivity index (χ0v) is 10.4. The summed E-state index contributed by atoms with van der Waals surface area (Å²) < 4.78 is 0. The number of hydrogen-bond acceptors (Lipinski definition) is 5. The fraction of sp³-hybridized carbons (Fsp3) is 0.500. The number of likely N-dealkylation sites (tertiary alicyclic amines) is 1. The van der Waals surface area contributed by atoms with Gasteiger partial charge < -0.3 is 21.1 Å². The number of aromatic carboxylic acids is 1. The SMILES string of the molecule is CN1CCCC1CNc1ncc(C(=O)O)cc1N. The second-order valence-electron chi connectivity index (χ2n) is 4.62. The van der Waals surface area contributed by atoms with Crippen molar-refractivity contribution in [3.05, 3.63) is 17.8 Å². The van der Waals surface area contributed by atoms with Gasteiger partial charge in [0.1, 0.15) is 5.82 Å². The first-order valence-electron chi connectivity index (χ1n) is 6.01. The second kappa shape index (κ2) is 5.22. The maximum atomic E-state index is 10.8. The molecular weight excluding hydrogens is 232 g/mol. The van der Waals surface area contributed by atoms with Crippen LogP contribution in [0.5, 0.6) is 0 Å². The van der Waals surface area contributed by atoms with Crippen molar-refractivity contribution in [3.8, 4) is 0 Å². The van der Waals surface area contributed by atoms with E-state index in [-0.39, 0.29) is 5.56 Å². The Balaban J connectivity index is 1.99. The summed E-state index contributed by atoms with van der Waals surface area (Å²) in [6.45, 7) is 1.90. The van der Waals surface area contributed by atoms with Gasteiger partial charge in [0.2, 0.25) is 0 Å². The van der Waals surface area contributed by atoms with Gasteiger partial charge in [-0.2, -0.15) is 0 Å². The molecule has 1 aromatic heterocycles. The van der Waals surface area contributed by atoms with Gasteiger partial charge in [-0.3, -0.25) is 0 Å². The van der Waals surface area contributed by atoms with Crippen LogP contribution in [0.4, 0.5) is 11.5 Å². The van der Waals surface area contributed by atoms with Gasteiger partial charge in [0.05, 0.1) is 11.3 Å². The molecule has 0 amide bonds. The van der Waals surface area contributed by atoms with Crippen LogP contribution in [-0.2, 0) is 0 Å². The predicted molar refractivity (Wildman–Crippen MR) is 69.8 cm³/mol. The summed E-state index contributed by atoms with van der Waals surface area (Å²) in [5.41, 5.74) is 6.25. The van der Waals surface area contributed by atoms with Gasteiger partial charge in [-0.05, 0) is 32.5 Å². The Bertz CT molecular complexity index is 450. The van der Waals surface area contributed by atoms with E-state index in [2.05, 4.69) is 22.2 Å². The summed E-state index contributed by atoms with van der Waals surface area (Å²) in [7, 11) is 2.10. The smallest absolute Gasteiger partial charge is 0.337 e. The molecule has 18 heavy (non-hydrogen) atoms. The van der Waals surface area contributed by atoms with Crippen molar-refractivity contribution < 1.29 is 9.90 Å². The van der Waals surface area contributed by atoms with Crippen molar-refractivity contribution >= 4 is 17.5 Å². The molecule has 0 aliphatic carbocycles. The molecule has 6 heteroatoms. The lowest BCUT2D eigenvalue weighted by Gasteiger charge is -2.20. The lowest BCUT2D eigenvalue weighted by molar-refractivity contribution is 0.0696. The summed E-state index contributed by atoms with van der Waals surface area (Å²) in [5, 5.41) is 12.0. The van der Waals surface area contributed by atoms with Gasteiger partial charge >= 0.3 is 5.97 Å². The molecule has 1 saturated heterocycles. The molecule has 1 atom stereocenters. The number of carbonyl (C=O) groups is 1. The van der Waals surface area contributed by atoms with Crippen molar-refractivity contribution in [3.63, 3.8) is 0 Å². The van der Waals surface area contributed by atoms with E-state index < -0.39 is 5.97 Å². The maximum Gasteiger partial charge on any atom is 0.337 e. The normalized spacial score (nSPS) is 19.9. The van der Waals surface area contributed by atoms with E-state index in [0.29, 0.717) is 17.5 Å². The molecule has 0 saturated carbocycles. The number of likely N-dealkylation sites (N-methyl/N-ethyl adjacent to an activating group) is 1. The molecule has 0 radical (unpaired) electrons. The van der Waals surface area contributed by atoms with Crippen LogP contribution in [0.1, 0.15) is 23.2 Å². The van der Waals surface area contributed by atoms with Crippen molar-refractivity contribution in [1.82, 2.24) is 9.88 Å². The van der Waals surface area contributed by atoms with Gasteiger partial charge in [0.25, 0.3) is 0 Å². The molecule has 1 aliphatic heterocycles. The highest BCUT2D eigenvalue weighted by atomic mass is 16.4. The Morgan fingerprint density at radius 1 is 1.72 bits per heavy atom. The number of anilines is 2. The molecular formula is C12H18N4O2. The molecule has 4 N–H and O–H groups in total. The lowest BCUT2D eigenvalue weighted by Crippen LogP contribution is -2.31. The molecule has 2 heterocycles. The third-order valence-electron chi connectivity index (χ3n) is 3.34. The molecule has 1 aliphatic rings. The van der Waals surface area contributed by atoms with E-state index in [1.165, 1.54) is 18.7 Å². The number of nitrogens with one attached hydrogen (secondary N) is 1. The summed E-state index contributed by atoms with van der Waals surface area (Å²) in [6, 6.07) is 1.92. The molecule has 1 aromatic rings. The van der Waals surface area contributed by atoms with E-state index >= 15 is 0 Å². The second-order valence-corrected chi connectivity index (χ2v) is 4.62. The molecule has 6 nitrogen and oxygen atoms in total. The van der Waals surface area contributed by atoms with E-state index in [1.807, 2.05) is 0 Å². The zero-order valence-electron chi connectivity index (χ0n) is 10.4. The average molecular weight is 250 g/mol. The third kappa shape index (κ3) is 2.70. The highest BCUT2D eigenvalue weighted by Gasteiger charge is 2.20. The van der Waals surface area contributed by atoms with Crippen LogP contribution < -0.4 is 11.1 Å². The predicted octanol–water partition coefficient (Wildman–Crippen LogP) is 0.868. The minimum Gasteiger partial charge on any atom is -0.478 e. The zero-order chi connectivity index (χ0) is 13.1. The van der Waals surface area contributed by atoms with Gasteiger partial charge in [-0.1, -0.05) is 0 Å². The fourth-order valence-electron chi connectivity index (χ4n) is 2.20. The van der Waals surface area contributed by atoms with Crippen molar-refractivity contribution in [2.75, 3.05) is 31.2 Å². The van der Waals surface area contributed by atoms with Gasteiger partial charge in [0.15, 0.2) is 0 Å². The number of pyridine rings is 1. The Kier molecular flexibility index (Phi) is 3.66. The summed E-state index contributed by atoms with van der Waals surface area (Å²) in [6.07, 6.45) is 3.69. The van der Waals surface area contributed by atoms with E-state index in [0.717, 1.165) is 19.5 Å². The standard InChI is InChI=1S/C12H18N4O2/c1-16-4-2-3-9(16)7-15-11-10(13)5-8(6-14-11)12(17)18/h5-6,9H,2-4,7,13H2,1H3,(H,14,15)(H,17,18). The first-order valence-corrected chi connectivity index (χ1v) is 6.01. The molecule has 1 fully saturated rings. The van der Waals surface area contributed by atoms with Crippen molar-refractivity contribution in [2.45, 2.75) is 18.9 Å². The van der Waals surface area contributed by atoms with E-state index in [1.54, 1.807) is 0 Å². The van der Waals surface area contributed by atoms with Crippen LogP contribution in [0.3, 0.4) is 0 Å². The largest absolute Gasteiger partial charge is 0.478 e. The van der Waals surface area contributed by atoms with Crippen molar-refractivity contribution in [1.29, 1.82) is 0 Å². The third-order valence-corrected chi connectivity index (χ3v) is 3.34.